The Morgan fingerprint density at radius 2 is 1.09 bits per heavy atom. The first kappa shape index (κ1) is 29.7. The minimum Gasteiger partial charge on any atom is -0.278 e. The van der Waals surface area contributed by atoms with Crippen molar-refractivity contribution in [1.29, 1.82) is 0 Å². The Labute approximate surface area is 314 Å². The average molecular weight is 704 g/mol. The highest BCUT2D eigenvalue weighted by molar-refractivity contribution is 7.26. The van der Waals surface area contributed by atoms with Gasteiger partial charge in [-0.05, 0) is 80.5 Å². The molecule has 250 valence electrons. The summed E-state index contributed by atoms with van der Waals surface area (Å²) in [6.45, 7) is 0. The monoisotopic (exact) mass is 703 g/mol. The smallest absolute Gasteiger partial charge is 0.235 e. The maximum absolute atomic E-state index is 5.57. The van der Waals surface area contributed by atoms with Crippen LogP contribution >= 0.6 is 11.3 Å². The topological polar surface area (TPSA) is 30.7 Å². The standard InChI is InChI=1S/C50H29N3S/c1-2-10-30(11-3-1)32-18-19-34-27-36(21-20-33(34)26-32)48-47-37-13-5-4-12-31(37)23-25-43(47)51-50(52-48)53-44-16-8-6-14-38(44)42-28-35-22-24-40-39-15-7-9-17-46(39)54-49(40)41(35)29-45(42)53/h1-29H. The Kier molecular flexibility index (Phi) is 6.21. The minimum atomic E-state index is 0.668. The molecule has 3 nitrogen and oxygen atoms in total. The number of para-hydroxylation sites is 1. The molecule has 0 bridgehead atoms. The van der Waals surface area contributed by atoms with Gasteiger partial charge in [0, 0.05) is 47.3 Å². The van der Waals surface area contributed by atoms with E-state index in [2.05, 4.69) is 180 Å². The molecule has 0 saturated heterocycles. The van der Waals surface area contributed by atoms with Crippen molar-refractivity contribution in [3.8, 4) is 28.3 Å². The van der Waals surface area contributed by atoms with Crippen molar-refractivity contribution in [3.05, 3.63) is 176 Å². The third-order valence-corrected chi connectivity index (χ3v) is 12.4. The predicted octanol–water partition coefficient (Wildman–Crippen LogP) is 13.9. The second kappa shape index (κ2) is 11.3. The summed E-state index contributed by atoms with van der Waals surface area (Å²) in [6, 6.07) is 63.6. The van der Waals surface area contributed by atoms with E-state index in [1.54, 1.807) is 0 Å². The molecule has 3 heterocycles. The Balaban J connectivity index is 1.15. The molecule has 0 atom stereocenters. The van der Waals surface area contributed by atoms with Crippen LogP contribution in [0.5, 0.6) is 0 Å². The van der Waals surface area contributed by atoms with E-state index < -0.39 is 0 Å². The highest BCUT2D eigenvalue weighted by atomic mass is 32.1. The van der Waals surface area contributed by atoms with Gasteiger partial charge < -0.3 is 0 Å². The fourth-order valence-corrected chi connectivity index (χ4v) is 9.82. The Morgan fingerprint density at radius 3 is 1.98 bits per heavy atom. The van der Waals surface area contributed by atoms with Crippen molar-refractivity contribution in [2.45, 2.75) is 0 Å². The zero-order chi connectivity index (χ0) is 35.3. The first-order chi connectivity index (χ1) is 26.7. The quantitative estimate of drug-likeness (QED) is 0.172. The number of benzene rings is 9. The van der Waals surface area contributed by atoms with Crippen LogP contribution in [0.15, 0.2) is 176 Å². The van der Waals surface area contributed by atoms with Crippen molar-refractivity contribution in [3.63, 3.8) is 0 Å². The third kappa shape index (κ3) is 4.35. The highest BCUT2D eigenvalue weighted by Gasteiger charge is 2.20. The number of fused-ring (bicyclic) bond motifs is 12. The lowest BCUT2D eigenvalue weighted by molar-refractivity contribution is 1.02. The van der Waals surface area contributed by atoms with Crippen molar-refractivity contribution in [2.75, 3.05) is 0 Å². The fraction of sp³-hybridized carbons (Fsp3) is 0. The van der Waals surface area contributed by atoms with Crippen molar-refractivity contribution in [2.24, 2.45) is 0 Å². The predicted molar refractivity (Wildman–Crippen MR) is 230 cm³/mol. The van der Waals surface area contributed by atoms with E-state index in [1.165, 1.54) is 69.0 Å². The molecule has 0 fully saturated rings. The molecular formula is C50H29N3S. The molecule has 0 radical (unpaired) electrons. The molecule has 4 heteroatoms. The maximum Gasteiger partial charge on any atom is 0.235 e. The van der Waals surface area contributed by atoms with Gasteiger partial charge in [0.05, 0.1) is 22.2 Å². The summed E-state index contributed by atoms with van der Waals surface area (Å²) in [6.07, 6.45) is 0. The highest BCUT2D eigenvalue weighted by Crippen LogP contribution is 2.42. The van der Waals surface area contributed by atoms with Crippen molar-refractivity contribution in [1.82, 2.24) is 14.5 Å². The van der Waals surface area contributed by atoms with Crippen LogP contribution in [0.4, 0.5) is 0 Å². The lowest BCUT2D eigenvalue weighted by Gasteiger charge is -2.14. The van der Waals surface area contributed by atoms with Crippen LogP contribution in [0.25, 0.3) is 114 Å². The number of nitrogens with zero attached hydrogens (tertiary/aromatic N) is 3. The number of aromatic nitrogens is 3. The Morgan fingerprint density at radius 1 is 0.389 bits per heavy atom. The van der Waals surface area contributed by atoms with Gasteiger partial charge in [0.1, 0.15) is 0 Å². The average Bonchev–Trinajstić information content (AvgIpc) is 3.78. The van der Waals surface area contributed by atoms with Crippen LogP contribution in [0.2, 0.25) is 0 Å². The first-order valence-electron chi connectivity index (χ1n) is 18.3. The summed E-state index contributed by atoms with van der Waals surface area (Å²) < 4.78 is 4.90. The molecule has 0 aliphatic carbocycles. The number of rotatable bonds is 3. The van der Waals surface area contributed by atoms with Gasteiger partial charge in [-0.2, -0.15) is 0 Å². The molecule has 0 aliphatic heterocycles. The van der Waals surface area contributed by atoms with Gasteiger partial charge in [-0.25, -0.2) is 9.97 Å². The van der Waals surface area contributed by atoms with Crippen molar-refractivity contribution < 1.29 is 0 Å². The number of hydrogen-bond acceptors (Lipinski definition) is 3. The fourth-order valence-electron chi connectivity index (χ4n) is 8.59. The van der Waals surface area contributed by atoms with Gasteiger partial charge in [-0.15, -0.1) is 11.3 Å². The normalized spacial score (nSPS) is 12.1. The Bertz CT molecular complexity index is 3500. The van der Waals surface area contributed by atoms with E-state index in [4.69, 9.17) is 9.97 Å². The molecule has 0 N–H and O–H groups in total. The summed E-state index contributed by atoms with van der Waals surface area (Å²) in [5.74, 6) is 0.668. The molecule has 3 aromatic heterocycles. The molecule has 0 aliphatic rings. The SMILES string of the molecule is c1ccc(-c2ccc3cc(-c4nc(-n5c6ccccc6c6cc7ccc8c9ccccc9sc8c7cc65)nc5ccc6ccccc6c45)ccc3c2)cc1. The summed E-state index contributed by atoms with van der Waals surface area (Å²) in [5.41, 5.74) is 7.54. The van der Waals surface area contributed by atoms with Gasteiger partial charge >= 0.3 is 0 Å². The van der Waals surface area contributed by atoms with Crippen LogP contribution in [0.3, 0.4) is 0 Å². The molecule has 0 saturated carbocycles. The molecule has 0 amide bonds. The van der Waals surface area contributed by atoms with Crippen LogP contribution in [0, 0.1) is 0 Å². The zero-order valence-electron chi connectivity index (χ0n) is 29.0. The second-order valence-corrected chi connectivity index (χ2v) is 15.2. The maximum atomic E-state index is 5.57. The minimum absolute atomic E-state index is 0.668. The summed E-state index contributed by atoms with van der Waals surface area (Å²) in [4.78, 5) is 11.0. The van der Waals surface area contributed by atoms with Crippen molar-refractivity contribution >= 4 is 96.5 Å². The molecule has 0 unspecified atom stereocenters. The van der Waals surface area contributed by atoms with E-state index in [9.17, 15) is 0 Å². The number of hydrogen-bond donors (Lipinski definition) is 0. The van der Waals surface area contributed by atoms with Gasteiger partial charge in [-0.1, -0.05) is 133 Å². The summed E-state index contributed by atoms with van der Waals surface area (Å²) in [7, 11) is 0. The van der Waals surface area contributed by atoms with E-state index in [-0.39, 0.29) is 0 Å². The van der Waals surface area contributed by atoms with Crippen LogP contribution < -0.4 is 0 Å². The molecular weight excluding hydrogens is 675 g/mol. The van der Waals surface area contributed by atoms with E-state index in [0.717, 1.165) is 38.6 Å². The summed E-state index contributed by atoms with van der Waals surface area (Å²) in [5, 5.41) is 13.2. The molecule has 12 rings (SSSR count). The van der Waals surface area contributed by atoms with Crippen LogP contribution in [-0.4, -0.2) is 14.5 Å². The van der Waals surface area contributed by atoms with Gasteiger partial charge in [0.15, 0.2) is 0 Å². The van der Waals surface area contributed by atoms with Gasteiger partial charge in [0.2, 0.25) is 5.95 Å². The lowest BCUT2D eigenvalue weighted by Crippen LogP contribution is -2.04. The van der Waals surface area contributed by atoms with Gasteiger partial charge in [-0.3, -0.25) is 4.57 Å². The first-order valence-corrected chi connectivity index (χ1v) is 19.1. The van der Waals surface area contributed by atoms with E-state index in [0.29, 0.717) is 5.95 Å². The zero-order valence-corrected chi connectivity index (χ0v) is 29.8. The third-order valence-electron chi connectivity index (χ3n) is 11.1. The molecule has 9 aromatic carbocycles. The van der Waals surface area contributed by atoms with Gasteiger partial charge in [0.25, 0.3) is 0 Å². The second-order valence-electron chi connectivity index (χ2n) is 14.2. The van der Waals surface area contributed by atoms with Crippen LogP contribution in [0.1, 0.15) is 0 Å². The largest absolute Gasteiger partial charge is 0.278 e. The molecule has 12 aromatic rings. The number of thiophene rings is 1. The Hall–Kier alpha value is -6.88. The molecule has 54 heavy (non-hydrogen) atoms. The molecule has 0 spiro atoms. The van der Waals surface area contributed by atoms with E-state index >= 15 is 0 Å². The van der Waals surface area contributed by atoms with E-state index in [1.807, 2.05) is 11.3 Å². The summed E-state index contributed by atoms with van der Waals surface area (Å²) >= 11 is 1.87. The lowest BCUT2D eigenvalue weighted by atomic mass is 9.96. The van der Waals surface area contributed by atoms with Crippen LogP contribution in [-0.2, 0) is 0 Å².